The number of rotatable bonds is 3. The standard InChI is InChI=1S/C21H17F2N5S/c1-12-20(27-21(29-12)14-8-24-11-25-9-14)28-6-5-17-13(10-28)7-18(26-17)19-15(22)3-2-4-16(19)23/h2-4,7-9,11,26H,5-6,10H2,1H3. The van der Waals surface area contributed by atoms with Crippen LogP contribution >= 0.6 is 11.3 Å². The third-order valence-electron chi connectivity index (χ3n) is 5.10. The molecule has 0 aliphatic carbocycles. The van der Waals surface area contributed by atoms with E-state index in [2.05, 4.69) is 19.9 Å². The van der Waals surface area contributed by atoms with Crippen LogP contribution in [0, 0.1) is 18.6 Å². The highest BCUT2D eigenvalue weighted by Crippen LogP contribution is 2.35. The normalized spacial score (nSPS) is 13.6. The lowest BCUT2D eigenvalue weighted by molar-refractivity contribution is 0.589. The van der Waals surface area contributed by atoms with E-state index in [1.54, 1.807) is 23.7 Å². The van der Waals surface area contributed by atoms with E-state index >= 15 is 0 Å². The summed E-state index contributed by atoms with van der Waals surface area (Å²) in [6.07, 6.45) is 5.76. The summed E-state index contributed by atoms with van der Waals surface area (Å²) < 4.78 is 28.3. The molecule has 3 aromatic heterocycles. The molecule has 0 saturated heterocycles. The molecule has 1 aliphatic rings. The van der Waals surface area contributed by atoms with Gasteiger partial charge in [-0.15, -0.1) is 11.3 Å². The molecular formula is C21H17F2N5S. The number of thiazole rings is 1. The molecule has 0 saturated carbocycles. The van der Waals surface area contributed by atoms with Gasteiger partial charge in [0.15, 0.2) is 0 Å². The van der Waals surface area contributed by atoms with E-state index < -0.39 is 11.6 Å². The highest BCUT2D eigenvalue weighted by atomic mass is 32.1. The van der Waals surface area contributed by atoms with Crippen LogP contribution in [0.5, 0.6) is 0 Å². The summed E-state index contributed by atoms with van der Waals surface area (Å²) in [7, 11) is 0. The quantitative estimate of drug-likeness (QED) is 0.531. The van der Waals surface area contributed by atoms with E-state index in [1.165, 1.54) is 24.5 Å². The number of nitrogens with zero attached hydrogens (tertiary/aromatic N) is 4. The van der Waals surface area contributed by atoms with E-state index in [0.29, 0.717) is 12.2 Å². The summed E-state index contributed by atoms with van der Waals surface area (Å²) in [5, 5.41) is 0.882. The van der Waals surface area contributed by atoms with Crippen molar-refractivity contribution >= 4 is 17.2 Å². The first kappa shape index (κ1) is 17.9. The third kappa shape index (κ3) is 3.19. The van der Waals surface area contributed by atoms with E-state index in [-0.39, 0.29) is 5.56 Å². The second-order valence-corrected chi connectivity index (χ2v) is 8.18. The van der Waals surface area contributed by atoms with Crippen LogP contribution in [-0.4, -0.2) is 26.5 Å². The number of H-pyrrole nitrogens is 1. The molecule has 0 amide bonds. The van der Waals surface area contributed by atoms with Crippen LogP contribution in [0.1, 0.15) is 16.1 Å². The largest absolute Gasteiger partial charge is 0.358 e. The minimum absolute atomic E-state index is 0.00958. The lowest BCUT2D eigenvalue weighted by Gasteiger charge is -2.27. The summed E-state index contributed by atoms with van der Waals surface area (Å²) in [6.45, 7) is 3.46. The second-order valence-electron chi connectivity index (χ2n) is 6.98. The van der Waals surface area contributed by atoms with Crippen LogP contribution in [0.25, 0.3) is 21.8 Å². The van der Waals surface area contributed by atoms with Crippen molar-refractivity contribution in [3.05, 3.63) is 70.8 Å². The van der Waals surface area contributed by atoms with Crippen molar-refractivity contribution in [3.63, 3.8) is 0 Å². The molecule has 1 aromatic carbocycles. The van der Waals surface area contributed by atoms with Crippen molar-refractivity contribution in [3.8, 4) is 21.8 Å². The lowest BCUT2D eigenvalue weighted by atomic mass is 10.1. The number of hydrogen-bond donors (Lipinski definition) is 1. The molecule has 0 bridgehead atoms. The minimum atomic E-state index is -0.564. The number of fused-ring (bicyclic) bond motifs is 1. The fraction of sp³-hybridized carbons (Fsp3) is 0.190. The van der Waals surface area contributed by atoms with Crippen molar-refractivity contribution in [2.24, 2.45) is 0 Å². The molecular weight excluding hydrogens is 392 g/mol. The number of hydrogen-bond acceptors (Lipinski definition) is 5. The fourth-order valence-corrected chi connectivity index (χ4v) is 4.63. The van der Waals surface area contributed by atoms with Crippen molar-refractivity contribution in [2.75, 3.05) is 11.4 Å². The molecule has 29 heavy (non-hydrogen) atoms. The summed E-state index contributed by atoms with van der Waals surface area (Å²) in [6, 6.07) is 5.77. The SMILES string of the molecule is Cc1sc(-c2cncnc2)nc1N1CCc2[nH]c(-c3c(F)cccc3F)cc2C1. The Labute approximate surface area is 170 Å². The van der Waals surface area contributed by atoms with Gasteiger partial charge in [0.05, 0.1) is 11.3 Å². The van der Waals surface area contributed by atoms with E-state index in [4.69, 9.17) is 4.98 Å². The Hall–Kier alpha value is -3.13. The van der Waals surface area contributed by atoms with Crippen LogP contribution in [0.3, 0.4) is 0 Å². The van der Waals surface area contributed by atoms with Crippen LogP contribution in [0.4, 0.5) is 14.6 Å². The Morgan fingerprint density at radius 1 is 1.14 bits per heavy atom. The van der Waals surface area contributed by atoms with Crippen LogP contribution in [-0.2, 0) is 13.0 Å². The van der Waals surface area contributed by atoms with Crippen molar-refractivity contribution < 1.29 is 8.78 Å². The molecule has 4 heterocycles. The van der Waals surface area contributed by atoms with Crippen LogP contribution in [0.15, 0.2) is 43.0 Å². The van der Waals surface area contributed by atoms with Crippen LogP contribution in [0.2, 0.25) is 0 Å². The zero-order valence-electron chi connectivity index (χ0n) is 15.6. The maximum Gasteiger partial charge on any atom is 0.143 e. The van der Waals surface area contributed by atoms with Crippen molar-refractivity contribution in [2.45, 2.75) is 19.9 Å². The van der Waals surface area contributed by atoms with Gasteiger partial charge in [-0.2, -0.15) is 0 Å². The Morgan fingerprint density at radius 2 is 1.90 bits per heavy atom. The number of halogens is 2. The van der Waals surface area contributed by atoms with Crippen molar-refractivity contribution in [1.29, 1.82) is 0 Å². The van der Waals surface area contributed by atoms with Gasteiger partial charge < -0.3 is 9.88 Å². The summed E-state index contributed by atoms with van der Waals surface area (Å²) in [4.78, 5) is 19.5. The molecule has 0 unspecified atom stereocenters. The zero-order valence-corrected chi connectivity index (χ0v) is 16.4. The first-order chi connectivity index (χ1) is 14.1. The summed E-state index contributed by atoms with van der Waals surface area (Å²) in [5.41, 5.74) is 3.41. The van der Waals surface area contributed by atoms with Crippen molar-refractivity contribution in [1.82, 2.24) is 19.9 Å². The molecule has 5 rings (SSSR count). The van der Waals surface area contributed by atoms with Gasteiger partial charge in [0.1, 0.15) is 28.8 Å². The van der Waals surface area contributed by atoms with E-state index in [0.717, 1.165) is 45.5 Å². The van der Waals surface area contributed by atoms with Gasteiger partial charge in [0.25, 0.3) is 0 Å². The molecule has 1 aliphatic heterocycles. The Kier molecular flexibility index (Phi) is 4.35. The maximum atomic E-state index is 14.2. The van der Waals surface area contributed by atoms with E-state index in [1.807, 2.05) is 13.0 Å². The average molecular weight is 409 g/mol. The minimum Gasteiger partial charge on any atom is -0.358 e. The van der Waals surface area contributed by atoms with Gasteiger partial charge >= 0.3 is 0 Å². The number of aromatic amines is 1. The average Bonchev–Trinajstić information content (AvgIpc) is 3.31. The summed E-state index contributed by atoms with van der Waals surface area (Å²) >= 11 is 1.61. The van der Waals surface area contributed by atoms with E-state index in [9.17, 15) is 8.78 Å². The van der Waals surface area contributed by atoms with Gasteiger partial charge in [-0.1, -0.05) is 6.07 Å². The molecule has 0 spiro atoms. The molecule has 0 fully saturated rings. The Morgan fingerprint density at radius 3 is 2.66 bits per heavy atom. The highest BCUT2D eigenvalue weighted by molar-refractivity contribution is 7.15. The number of nitrogens with one attached hydrogen (secondary N) is 1. The second kappa shape index (κ2) is 7.04. The predicted molar refractivity (Wildman–Crippen MR) is 109 cm³/mol. The molecule has 8 heteroatoms. The highest BCUT2D eigenvalue weighted by Gasteiger charge is 2.24. The van der Waals surface area contributed by atoms with Gasteiger partial charge in [0.2, 0.25) is 0 Å². The first-order valence-corrected chi connectivity index (χ1v) is 10.0. The Bertz CT molecular complexity index is 1170. The third-order valence-corrected chi connectivity index (χ3v) is 6.11. The van der Waals surface area contributed by atoms with Gasteiger partial charge in [-0.05, 0) is 30.7 Å². The zero-order chi connectivity index (χ0) is 20.0. The number of aromatic nitrogens is 4. The summed E-state index contributed by atoms with van der Waals surface area (Å²) in [5.74, 6) is -0.199. The Balaban J connectivity index is 1.45. The maximum absolute atomic E-state index is 14.2. The molecule has 0 atom stereocenters. The molecule has 4 aromatic rings. The number of anilines is 1. The predicted octanol–water partition coefficient (Wildman–Crippen LogP) is 4.74. The molecule has 0 radical (unpaired) electrons. The van der Waals surface area contributed by atoms with Gasteiger partial charge in [-0.3, -0.25) is 0 Å². The topological polar surface area (TPSA) is 57.7 Å². The number of aryl methyl sites for hydroxylation is 1. The van der Waals surface area contributed by atoms with Gasteiger partial charge in [0, 0.05) is 48.0 Å². The monoisotopic (exact) mass is 409 g/mol. The molecule has 146 valence electrons. The van der Waals surface area contributed by atoms with Gasteiger partial charge in [-0.25, -0.2) is 23.7 Å². The molecule has 1 N–H and O–H groups in total. The smallest absolute Gasteiger partial charge is 0.143 e. The van der Waals surface area contributed by atoms with Crippen LogP contribution < -0.4 is 4.90 Å². The number of benzene rings is 1. The first-order valence-electron chi connectivity index (χ1n) is 9.23. The lowest BCUT2D eigenvalue weighted by Crippen LogP contribution is -2.30. The molecule has 5 nitrogen and oxygen atoms in total. The fourth-order valence-electron chi connectivity index (χ4n) is 3.72.